The van der Waals surface area contributed by atoms with Gasteiger partial charge >= 0.3 is 0 Å². The summed E-state index contributed by atoms with van der Waals surface area (Å²) in [5.74, 6) is 3.00. The molecule has 0 bridgehead atoms. The third-order valence-corrected chi connectivity index (χ3v) is 18.9. The molecule has 7 heteroatoms. The number of carbonyl (C=O) groups excluding carboxylic acids is 1. The molecule has 2 heterocycles. The number of carbonyl (C=O) groups is 1. The monoisotopic (exact) mass is 984 g/mol. The second kappa shape index (κ2) is 21.0. The zero-order valence-electron chi connectivity index (χ0n) is 37.5. The first kappa shape index (κ1) is 48.7. The average Bonchev–Trinajstić information content (AvgIpc) is 3.49. The number of allylic oxidation sites excluding steroid dienone is 2. The van der Waals surface area contributed by atoms with Crippen molar-refractivity contribution in [2.24, 2.45) is 35.5 Å². The van der Waals surface area contributed by atoms with Gasteiger partial charge < -0.3 is 5.11 Å². The molecule has 1 unspecified atom stereocenters. The molecule has 0 saturated carbocycles. The van der Waals surface area contributed by atoms with Gasteiger partial charge in [-0.1, -0.05) is 162 Å². The zero-order chi connectivity index (χ0) is 41.5. The van der Waals surface area contributed by atoms with Gasteiger partial charge in [-0.2, -0.15) is 0 Å². The Balaban J connectivity index is 0.000000436. The molecule has 1 atom stereocenters. The fourth-order valence-electron chi connectivity index (χ4n) is 9.11. The summed E-state index contributed by atoms with van der Waals surface area (Å²) < 4.78 is 2.52. The number of aliphatic hydroxyl groups is 1. The minimum atomic E-state index is -1.70. The molecule has 5 aromatic rings. The molecule has 0 aliphatic carbocycles. The molecule has 0 amide bonds. The summed E-state index contributed by atoms with van der Waals surface area (Å²) in [6.07, 6.45) is 5.75. The van der Waals surface area contributed by atoms with Gasteiger partial charge in [0, 0.05) is 58.5 Å². The molecule has 0 saturated heterocycles. The van der Waals surface area contributed by atoms with Crippen molar-refractivity contribution in [1.29, 1.82) is 0 Å². The van der Waals surface area contributed by atoms with E-state index in [-0.39, 0.29) is 48.9 Å². The number of benzene rings is 3. The van der Waals surface area contributed by atoms with Crippen molar-refractivity contribution in [2.45, 2.75) is 140 Å². The van der Waals surface area contributed by atoms with Crippen LogP contribution >= 0.6 is 11.3 Å². The molecule has 57 heavy (non-hydrogen) atoms. The maximum Gasteiger partial charge on any atom is 0.162 e. The van der Waals surface area contributed by atoms with Crippen molar-refractivity contribution in [3.05, 3.63) is 78.3 Å². The Morgan fingerprint density at radius 1 is 0.825 bits per heavy atom. The fourth-order valence-corrected chi connectivity index (χ4v) is 17.2. The van der Waals surface area contributed by atoms with Crippen LogP contribution in [0.5, 0.6) is 0 Å². The SMILES string of the molecule is CC(C)C[Si](CC(C)C)(CC(C)C)c1ccc2c(c1)sc1c(-c3[c-]c4ccccc4c(C(C)(C)C)c3)ncnc12.CCC(CC)C(=O)/C=C(\O)C(CC)C(C)C.[Ir]. The van der Waals surface area contributed by atoms with Gasteiger partial charge in [0.25, 0.3) is 0 Å². The number of rotatable bonds is 15. The van der Waals surface area contributed by atoms with E-state index < -0.39 is 8.07 Å². The summed E-state index contributed by atoms with van der Waals surface area (Å²) in [5, 5.41) is 15.2. The van der Waals surface area contributed by atoms with E-state index in [9.17, 15) is 9.90 Å². The molecule has 0 fully saturated rings. The van der Waals surface area contributed by atoms with Crippen molar-refractivity contribution in [2.75, 3.05) is 0 Å². The summed E-state index contributed by atoms with van der Waals surface area (Å²) in [4.78, 5) is 21.5. The quantitative estimate of drug-likeness (QED) is 0.0491. The molecular formula is C50H71IrN2O2SSi-. The van der Waals surface area contributed by atoms with Crippen LogP contribution in [-0.4, -0.2) is 28.9 Å². The molecule has 313 valence electrons. The third-order valence-electron chi connectivity index (χ3n) is 11.4. The van der Waals surface area contributed by atoms with Crippen molar-refractivity contribution >= 4 is 61.5 Å². The molecular weight excluding hydrogens is 913 g/mol. The van der Waals surface area contributed by atoms with Crippen molar-refractivity contribution in [3.8, 4) is 11.3 Å². The minimum absolute atomic E-state index is 0. The van der Waals surface area contributed by atoms with Crippen LogP contribution < -0.4 is 5.19 Å². The largest absolute Gasteiger partial charge is 0.512 e. The van der Waals surface area contributed by atoms with Gasteiger partial charge in [0.15, 0.2) is 5.78 Å². The Bertz CT molecular complexity index is 2080. The first-order valence-corrected chi connectivity index (χ1v) is 24.9. The summed E-state index contributed by atoms with van der Waals surface area (Å²) in [6, 6.07) is 26.1. The predicted octanol–water partition coefficient (Wildman–Crippen LogP) is 14.5. The summed E-state index contributed by atoms with van der Waals surface area (Å²) >= 11 is 1.87. The van der Waals surface area contributed by atoms with Gasteiger partial charge in [-0.3, -0.25) is 9.78 Å². The maximum absolute atomic E-state index is 11.8. The average molecular weight is 984 g/mol. The molecule has 3 aromatic carbocycles. The van der Waals surface area contributed by atoms with Gasteiger partial charge in [0.1, 0.15) is 6.33 Å². The van der Waals surface area contributed by atoms with Crippen LogP contribution in [0.3, 0.4) is 0 Å². The number of aliphatic hydroxyl groups excluding tert-OH is 1. The third kappa shape index (κ3) is 12.0. The number of hydrogen-bond acceptors (Lipinski definition) is 5. The Hall–Kier alpha value is -2.70. The van der Waals surface area contributed by atoms with Crippen LogP contribution in [-0.2, 0) is 30.3 Å². The number of aromatic nitrogens is 2. The molecule has 1 N–H and O–H groups in total. The van der Waals surface area contributed by atoms with Crippen molar-refractivity contribution in [1.82, 2.24) is 9.97 Å². The Morgan fingerprint density at radius 2 is 1.42 bits per heavy atom. The predicted molar refractivity (Wildman–Crippen MR) is 248 cm³/mol. The molecule has 2 aromatic heterocycles. The van der Waals surface area contributed by atoms with E-state index in [1.165, 1.54) is 49.9 Å². The summed E-state index contributed by atoms with van der Waals surface area (Å²) in [6.45, 7) is 31.5. The second-order valence-corrected chi connectivity index (χ2v) is 24.3. The molecule has 0 aliphatic rings. The number of ketones is 1. The van der Waals surface area contributed by atoms with E-state index in [1.807, 2.05) is 32.1 Å². The van der Waals surface area contributed by atoms with Gasteiger partial charge in [-0.25, -0.2) is 4.98 Å². The number of nitrogens with zero attached hydrogens (tertiary/aromatic N) is 2. The van der Waals surface area contributed by atoms with Gasteiger partial charge in [-0.15, -0.1) is 40.5 Å². The number of hydrogen-bond donors (Lipinski definition) is 1. The number of thiophene rings is 1. The van der Waals surface area contributed by atoms with E-state index in [2.05, 4.69) is 131 Å². The normalized spacial score (nSPS) is 13.3. The fraction of sp³-hybridized carbons (Fsp3) is 0.540. The van der Waals surface area contributed by atoms with Gasteiger partial charge in [-0.05, 0) is 54.4 Å². The first-order valence-electron chi connectivity index (χ1n) is 21.4. The summed E-state index contributed by atoms with van der Waals surface area (Å²) in [5.41, 5.74) is 4.48. The van der Waals surface area contributed by atoms with E-state index in [0.717, 1.165) is 41.4 Å². The Morgan fingerprint density at radius 3 is 1.95 bits per heavy atom. The van der Waals surface area contributed by atoms with Crippen LogP contribution in [0, 0.1) is 41.6 Å². The van der Waals surface area contributed by atoms with E-state index in [0.29, 0.717) is 23.7 Å². The van der Waals surface area contributed by atoms with E-state index >= 15 is 0 Å². The van der Waals surface area contributed by atoms with E-state index in [1.54, 1.807) is 11.5 Å². The van der Waals surface area contributed by atoms with Crippen LogP contribution in [0.2, 0.25) is 18.1 Å². The molecule has 0 aliphatic heterocycles. The van der Waals surface area contributed by atoms with Crippen molar-refractivity contribution < 1.29 is 30.0 Å². The van der Waals surface area contributed by atoms with Crippen LogP contribution in [0.1, 0.15) is 122 Å². The standard InChI is InChI=1S/C36H45N2SSi.C14H26O2.Ir/c1-23(2)19-40(20-24(3)4,21-25(5)6)28-14-15-30-32(18-28)39-35-33(37-22-38-34(30)35)27-16-26-12-10-11-13-29(26)31(17-27)36(7,8)9;1-6-11(7-2)13(15)9-14(16)12(8-3)10(4)5;/h10-15,17-18,22-25H,19-21H2,1-9H3;9-12,16H,6-8H2,1-5H3;/q-1;;/b;14-9-;. The summed E-state index contributed by atoms with van der Waals surface area (Å²) in [7, 11) is -1.70. The first-order chi connectivity index (χ1) is 26.3. The second-order valence-electron chi connectivity index (χ2n) is 18.9. The minimum Gasteiger partial charge on any atom is -0.512 e. The smallest absolute Gasteiger partial charge is 0.162 e. The molecule has 1 radical (unpaired) electrons. The topological polar surface area (TPSA) is 63.1 Å². The Kier molecular flexibility index (Phi) is 17.9. The molecule has 0 spiro atoms. The van der Waals surface area contributed by atoms with Crippen LogP contribution in [0.25, 0.3) is 42.3 Å². The number of fused-ring (bicyclic) bond motifs is 4. The van der Waals surface area contributed by atoms with Crippen LogP contribution in [0.4, 0.5) is 0 Å². The van der Waals surface area contributed by atoms with E-state index in [4.69, 9.17) is 9.97 Å². The van der Waals surface area contributed by atoms with Crippen LogP contribution in [0.15, 0.2) is 66.7 Å². The Labute approximate surface area is 364 Å². The van der Waals surface area contributed by atoms with Gasteiger partial charge in [0.05, 0.1) is 19.3 Å². The zero-order valence-corrected chi connectivity index (χ0v) is 41.7. The molecule has 5 rings (SSSR count). The molecule has 4 nitrogen and oxygen atoms in total. The maximum atomic E-state index is 11.8. The van der Waals surface area contributed by atoms with Crippen molar-refractivity contribution in [3.63, 3.8) is 0 Å². The van der Waals surface area contributed by atoms with Gasteiger partial charge in [0.2, 0.25) is 0 Å².